The number of piperidine rings is 1. The number of fused-ring (bicyclic) bond motifs is 2. The molecule has 0 aromatic carbocycles. The SMILES string of the molecule is CN1[C@@H]2CCC[C@H]1CC2.CS(=O)(=O)O. The fourth-order valence-corrected chi connectivity index (χ4v) is 2.38. The molecule has 0 spiro atoms. The summed E-state index contributed by atoms with van der Waals surface area (Å²) in [6, 6.07) is 1.92. The van der Waals surface area contributed by atoms with Gasteiger partial charge in [0.2, 0.25) is 0 Å². The first-order chi connectivity index (χ1) is 6.38. The van der Waals surface area contributed by atoms with Crippen LogP contribution in [0.1, 0.15) is 32.1 Å². The third-order valence-corrected chi connectivity index (χ3v) is 3.06. The van der Waals surface area contributed by atoms with E-state index in [-0.39, 0.29) is 0 Å². The van der Waals surface area contributed by atoms with E-state index < -0.39 is 10.1 Å². The molecule has 4 nitrogen and oxygen atoms in total. The van der Waals surface area contributed by atoms with E-state index in [0.29, 0.717) is 6.26 Å². The largest absolute Gasteiger partial charge is 0.300 e. The van der Waals surface area contributed by atoms with E-state index in [1.54, 1.807) is 0 Å². The van der Waals surface area contributed by atoms with Crippen molar-refractivity contribution in [1.82, 2.24) is 4.90 Å². The van der Waals surface area contributed by atoms with E-state index in [2.05, 4.69) is 11.9 Å². The molecule has 2 aliphatic heterocycles. The van der Waals surface area contributed by atoms with Gasteiger partial charge in [0, 0.05) is 12.1 Å². The lowest BCUT2D eigenvalue weighted by Gasteiger charge is -2.30. The maximum Gasteiger partial charge on any atom is 0.261 e. The van der Waals surface area contributed by atoms with Crippen LogP contribution in [0.4, 0.5) is 0 Å². The van der Waals surface area contributed by atoms with Gasteiger partial charge in [-0.25, -0.2) is 0 Å². The van der Waals surface area contributed by atoms with Gasteiger partial charge in [0.25, 0.3) is 10.1 Å². The van der Waals surface area contributed by atoms with Crippen molar-refractivity contribution in [1.29, 1.82) is 0 Å². The molecule has 5 heteroatoms. The Morgan fingerprint density at radius 1 is 1.14 bits per heavy atom. The van der Waals surface area contributed by atoms with Crippen LogP contribution in [0.3, 0.4) is 0 Å². The zero-order valence-electron chi connectivity index (χ0n) is 8.81. The second-order valence-corrected chi connectivity index (χ2v) is 5.68. The Morgan fingerprint density at radius 2 is 1.50 bits per heavy atom. The predicted octanol–water partition coefficient (Wildman–Crippen LogP) is 1.14. The summed E-state index contributed by atoms with van der Waals surface area (Å²) in [7, 11) is -1.37. The van der Waals surface area contributed by atoms with Crippen molar-refractivity contribution in [3.05, 3.63) is 0 Å². The van der Waals surface area contributed by atoms with Crippen LogP contribution in [0.5, 0.6) is 0 Å². The third kappa shape index (κ3) is 3.94. The molecule has 14 heavy (non-hydrogen) atoms. The Kier molecular flexibility index (Phi) is 3.92. The van der Waals surface area contributed by atoms with Gasteiger partial charge in [-0.05, 0) is 32.7 Å². The van der Waals surface area contributed by atoms with Crippen molar-refractivity contribution in [2.75, 3.05) is 13.3 Å². The van der Waals surface area contributed by atoms with E-state index in [0.717, 1.165) is 12.1 Å². The summed E-state index contributed by atoms with van der Waals surface area (Å²) in [6.45, 7) is 0. The van der Waals surface area contributed by atoms with Gasteiger partial charge >= 0.3 is 0 Å². The van der Waals surface area contributed by atoms with Gasteiger partial charge in [0.15, 0.2) is 0 Å². The molecule has 0 radical (unpaired) electrons. The topological polar surface area (TPSA) is 57.6 Å². The predicted molar refractivity (Wildman–Crippen MR) is 55.9 cm³/mol. The van der Waals surface area contributed by atoms with Crippen LogP contribution in [0, 0.1) is 0 Å². The lowest BCUT2D eigenvalue weighted by molar-refractivity contribution is 0.179. The number of hydrogen-bond donors (Lipinski definition) is 1. The molecule has 2 aliphatic rings. The van der Waals surface area contributed by atoms with Crippen LogP contribution in [-0.4, -0.2) is 43.3 Å². The second kappa shape index (κ2) is 4.59. The van der Waals surface area contributed by atoms with Gasteiger partial charge in [-0.2, -0.15) is 8.42 Å². The molecular weight excluding hydrogens is 202 g/mol. The zero-order valence-corrected chi connectivity index (χ0v) is 9.63. The highest BCUT2D eigenvalue weighted by molar-refractivity contribution is 7.85. The fourth-order valence-electron chi connectivity index (χ4n) is 2.38. The third-order valence-electron chi connectivity index (χ3n) is 3.06. The Morgan fingerprint density at radius 3 is 1.79 bits per heavy atom. The minimum absolute atomic E-state index is 0.715. The number of rotatable bonds is 0. The van der Waals surface area contributed by atoms with E-state index in [1.807, 2.05) is 0 Å². The van der Waals surface area contributed by atoms with Crippen molar-refractivity contribution < 1.29 is 13.0 Å². The monoisotopic (exact) mass is 221 g/mol. The van der Waals surface area contributed by atoms with E-state index in [9.17, 15) is 8.42 Å². The van der Waals surface area contributed by atoms with Gasteiger partial charge in [0.05, 0.1) is 6.26 Å². The molecule has 0 aromatic heterocycles. The van der Waals surface area contributed by atoms with Gasteiger partial charge < -0.3 is 4.90 Å². The summed E-state index contributed by atoms with van der Waals surface area (Å²) < 4.78 is 25.9. The van der Waals surface area contributed by atoms with Crippen molar-refractivity contribution in [3.8, 4) is 0 Å². The summed E-state index contributed by atoms with van der Waals surface area (Å²) in [5.41, 5.74) is 0. The summed E-state index contributed by atoms with van der Waals surface area (Å²) in [4.78, 5) is 2.59. The van der Waals surface area contributed by atoms with Crippen molar-refractivity contribution >= 4 is 10.1 Å². The summed E-state index contributed by atoms with van der Waals surface area (Å²) >= 11 is 0. The van der Waals surface area contributed by atoms with Crippen molar-refractivity contribution in [2.45, 2.75) is 44.2 Å². The number of nitrogens with zero attached hydrogens (tertiary/aromatic N) is 1. The van der Waals surface area contributed by atoms with Crippen molar-refractivity contribution in [2.24, 2.45) is 0 Å². The molecular formula is C9H19NO3S. The van der Waals surface area contributed by atoms with Gasteiger partial charge in [-0.1, -0.05) is 6.42 Å². The summed E-state index contributed by atoms with van der Waals surface area (Å²) in [6.07, 6.45) is 8.08. The molecule has 2 fully saturated rings. The molecule has 2 saturated heterocycles. The van der Waals surface area contributed by atoms with Gasteiger partial charge in [-0.3, -0.25) is 4.55 Å². The molecule has 2 heterocycles. The number of hydrogen-bond acceptors (Lipinski definition) is 3. The van der Waals surface area contributed by atoms with Crippen LogP contribution in [0.15, 0.2) is 0 Å². The summed E-state index contributed by atoms with van der Waals surface area (Å²) in [5, 5.41) is 0. The fraction of sp³-hybridized carbons (Fsp3) is 1.00. The average molecular weight is 221 g/mol. The minimum Gasteiger partial charge on any atom is -0.300 e. The molecule has 0 aliphatic carbocycles. The smallest absolute Gasteiger partial charge is 0.261 e. The molecule has 0 saturated carbocycles. The maximum absolute atomic E-state index is 9.19. The molecule has 0 aromatic rings. The molecule has 0 amide bonds. The maximum atomic E-state index is 9.19. The second-order valence-electron chi connectivity index (χ2n) is 4.21. The van der Waals surface area contributed by atoms with Crippen LogP contribution in [0.25, 0.3) is 0 Å². The van der Waals surface area contributed by atoms with Crippen LogP contribution >= 0.6 is 0 Å². The van der Waals surface area contributed by atoms with Gasteiger partial charge in [0.1, 0.15) is 0 Å². The normalized spacial score (nSPS) is 32.2. The lowest BCUT2D eigenvalue weighted by atomic mass is 10.0. The zero-order chi connectivity index (χ0) is 10.8. The van der Waals surface area contributed by atoms with Crippen LogP contribution < -0.4 is 0 Å². The molecule has 2 atom stereocenters. The average Bonchev–Trinajstić information content (AvgIpc) is 2.30. The molecule has 2 rings (SSSR count). The molecule has 1 N–H and O–H groups in total. The lowest BCUT2D eigenvalue weighted by Crippen LogP contribution is -2.35. The Hall–Kier alpha value is -0.130. The Labute approximate surface area is 86.0 Å². The van der Waals surface area contributed by atoms with E-state index >= 15 is 0 Å². The molecule has 2 bridgehead atoms. The van der Waals surface area contributed by atoms with E-state index in [4.69, 9.17) is 4.55 Å². The Balaban J connectivity index is 0.000000171. The highest BCUT2D eigenvalue weighted by atomic mass is 32.2. The first kappa shape index (κ1) is 11.9. The van der Waals surface area contributed by atoms with E-state index in [1.165, 1.54) is 32.1 Å². The first-order valence-electron chi connectivity index (χ1n) is 5.02. The molecule has 0 unspecified atom stereocenters. The van der Waals surface area contributed by atoms with Crippen LogP contribution in [0.2, 0.25) is 0 Å². The quantitative estimate of drug-likeness (QED) is 0.623. The Bertz CT molecular complexity index is 252. The molecule has 84 valence electrons. The highest BCUT2D eigenvalue weighted by Crippen LogP contribution is 2.33. The van der Waals surface area contributed by atoms with Crippen LogP contribution in [-0.2, 0) is 10.1 Å². The standard InChI is InChI=1S/C8H15N.CH4O3S/c1-9-7-3-2-4-8(9)6-5-7;1-5(2,3)4/h7-8H,2-6H2,1H3;1H3,(H,2,3,4)/t7-,8+;. The van der Waals surface area contributed by atoms with Gasteiger partial charge in [-0.15, -0.1) is 0 Å². The van der Waals surface area contributed by atoms with Crippen molar-refractivity contribution in [3.63, 3.8) is 0 Å². The minimum atomic E-state index is -3.67. The first-order valence-corrected chi connectivity index (χ1v) is 6.87. The highest BCUT2D eigenvalue weighted by Gasteiger charge is 2.33. The summed E-state index contributed by atoms with van der Waals surface area (Å²) in [5.74, 6) is 0.